The largest absolute Gasteiger partial charge is 0.328 e. The van der Waals surface area contributed by atoms with Gasteiger partial charge in [0.05, 0.1) is 5.54 Å². The molecule has 0 aliphatic heterocycles. The van der Waals surface area contributed by atoms with Crippen LogP contribution in [0, 0.1) is 0 Å². The van der Waals surface area contributed by atoms with Gasteiger partial charge in [0.2, 0.25) is 0 Å². The standard InChI is InChI=1S/C20H19N3OS/c24-19(23-20(10-5-11-20)16-7-2-1-3-8-16)22-17-9-4-6-15(14-17)18-21-12-13-25-18/h1-4,6-9,12-14H,5,10-11H2,(H2,22,23,24). The highest BCUT2D eigenvalue weighted by Crippen LogP contribution is 2.41. The van der Waals surface area contributed by atoms with E-state index in [2.05, 4.69) is 27.8 Å². The van der Waals surface area contributed by atoms with Crippen molar-refractivity contribution in [3.05, 3.63) is 71.7 Å². The fourth-order valence-corrected chi connectivity index (χ4v) is 3.88. The van der Waals surface area contributed by atoms with E-state index in [1.54, 1.807) is 17.5 Å². The Hall–Kier alpha value is -2.66. The Kier molecular flexibility index (Phi) is 4.24. The summed E-state index contributed by atoms with van der Waals surface area (Å²) in [6, 6.07) is 17.8. The molecule has 1 fully saturated rings. The Morgan fingerprint density at radius 1 is 1.08 bits per heavy atom. The van der Waals surface area contributed by atoms with Gasteiger partial charge in [-0.25, -0.2) is 9.78 Å². The molecule has 0 saturated heterocycles. The lowest BCUT2D eigenvalue weighted by atomic mass is 9.72. The van der Waals surface area contributed by atoms with Crippen LogP contribution in [-0.4, -0.2) is 11.0 Å². The minimum atomic E-state index is -0.238. The average Bonchev–Trinajstić information content (AvgIpc) is 3.14. The summed E-state index contributed by atoms with van der Waals surface area (Å²) < 4.78 is 0. The number of urea groups is 1. The Labute approximate surface area is 150 Å². The molecule has 0 spiro atoms. The number of nitrogens with zero attached hydrogens (tertiary/aromatic N) is 1. The normalized spacial score (nSPS) is 15.2. The monoisotopic (exact) mass is 349 g/mol. The number of nitrogens with one attached hydrogen (secondary N) is 2. The first-order valence-corrected chi connectivity index (χ1v) is 9.28. The van der Waals surface area contributed by atoms with Crippen LogP contribution in [0.2, 0.25) is 0 Å². The second-order valence-electron chi connectivity index (χ2n) is 6.30. The molecule has 0 radical (unpaired) electrons. The molecule has 5 heteroatoms. The average molecular weight is 349 g/mol. The van der Waals surface area contributed by atoms with Gasteiger partial charge in [-0.3, -0.25) is 0 Å². The quantitative estimate of drug-likeness (QED) is 0.695. The zero-order valence-corrected chi connectivity index (χ0v) is 14.6. The first-order chi connectivity index (χ1) is 12.3. The molecular weight excluding hydrogens is 330 g/mol. The molecule has 4 rings (SSSR count). The minimum Gasteiger partial charge on any atom is -0.328 e. The third kappa shape index (κ3) is 3.28. The van der Waals surface area contributed by atoms with Crippen LogP contribution in [0.3, 0.4) is 0 Å². The number of amides is 2. The molecule has 1 saturated carbocycles. The molecule has 1 aliphatic carbocycles. The summed E-state index contributed by atoms with van der Waals surface area (Å²) in [6.07, 6.45) is 4.87. The topological polar surface area (TPSA) is 54.0 Å². The highest BCUT2D eigenvalue weighted by Gasteiger charge is 2.39. The number of carbonyl (C=O) groups excluding carboxylic acids is 1. The molecule has 3 aromatic rings. The third-order valence-corrected chi connectivity index (χ3v) is 5.51. The molecule has 1 aliphatic rings. The lowest BCUT2D eigenvalue weighted by Crippen LogP contribution is -2.52. The minimum absolute atomic E-state index is 0.167. The highest BCUT2D eigenvalue weighted by molar-refractivity contribution is 7.13. The van der Waals surface area contributed by atoms with Crippen molar-refractivity contribution < 1.29 is 4.79 Å². The number of carbonyl (C=O) groups is 1. The summed E-state index contributed by atoms with van der Waals surface area (Å²) in [6.45, 7) is 0. The van der Waals surface area contributed by atoms with E-state index in [0.717, 1.165) is 35.5 Å². The van der Waals surface area contributed by atoms with E-state index >= 15 is 0 Å². The number of rotatable bonds is 4. The van der Waals surface area contributed by atoms with E-state index < -0.39 is 0 Å². The second kappa shape index (κ2) is 6.69. The van der Waals surface area contributed by atoms with E-state index in [1.807, 2.05) is 47.8 Å². The Bertz CT molecular complexity index is 858. The third-order valence-electron chi connectivity index (χ3n) is 4.69. The van der Waals surface area contributed by atoms with Crippen molar-refractivity contribution in [2.45, 2.75) is 24.8 Å². The first kappa shape index (κ1) is 15.8. The van der Waals surface area contributed by atoms with Crippen molar-refractivity contribution in [2.24, 2.45) is 0 Å². The van der Waals surface area contributed by atoms with Crippen LogP contribution in [0.4, 0.5) is 10.5 Å². The summed E-state index contributed by atoms with van der Waals surface area (Å²) in [4.78, 5) is 16.9. The summed E-state index contributed by atoms with van der Waals surface area (Å²) >= 11 is 1.58. The van der Waals surface area contributed by atoms with Gasteiger partial charge in [0.15, 0.2) is 0 Å². The predicted molar refractivity (Wildman–Crippen MR) is 102 cm³/mol. The van der Waals surface area contributed by atoms with E-state index in [9.17, 15) is 4.79 Å². The molecule has 1 heterocycles. The lowest BCUT2D eigenvalue weighted by molar-refractivity contribution is 0.185. The van der Waals surface area contributed by atoms with E-state index in [1.165, 1.54) is 5.56 Å². The summed E-state index contributed by atoms with van der Waals surface area (Å²) in [5, 5.41) is 9.05. The molecule has 0 unspecified atom stereocenters. The first-order valence-electron chi connectivity index (χ1n) is 8.40. The van der Waals surface area contributed by atoms with Gasteiger partial charge in [-0.05, 0) is 37.0 Å². The Morgan fingerprint density at radius 2 is 1.92 bits per heavy atom. The maximum atomic E-state index is 12.6. The number of aromatic nitrogens is 1. The number of anilines is 1. The van der Waals surface area contributed by atoms with Crippen molar-refractivity contribution >= 4 is 23.1 Å². The van der Waals surface area contributed by atoms with E-state index in [4.69, 9.17) is 0 Å². The molecule has 0 bridgehead atoms. The van der Waals surface area contributed by atoms with Crippen LogP contribution in [0.25, 0.3) is 10.6 Å². The second-order valence-corrected chi connectivity index (χ2v) is 7.19. The zero-order valence-electron chi connectivity index (χ0n) is 13.7. The van der Waals surface area contributed by atoms with Gasteiger partial charge >= 0.3 is 6.03 Å². The van der Waals surface area contributed by atoms with Crippen LogP contribution in [0.15, 0.2) is 66.2 Å². The van der Waals surface area contributed by atoms with Crippen molar-refractivity contribution in [1.29, 1.82) is 0 Å². The summed E-state index contributed by atoms with van der Waals surface area (Å²) in [7, 11) is 0. The van der Waals surface area contributed by atoms with Crippen LogP contribution in [0.5, 0.6) is 0 Å². The van der Waals surface area contributed by atoms with Crippen molar-refractivity contribution in [3.8, 4) is 10.6 Å². The fourth-order valence-electron chi connectivity index (χ4n) is 3.25. The molecule has 2 aromatic carbocycles. The van der Waals surface area contributed by atoms with Crippen molar-refractivity contribution in [2.75, 3.05) is 5.32 Å². The molecule has 25 heavy (non-hydrogen) atoms. The molecule has 2 amide bonds. The van der Waals surface area contributed by atoms with Gasteiger partial charge in [-0.15, -0.1) is 11.3 Å². The maximum Gasteiger partial charge on any atom is 0.319 e. The number of benzene rings is 2. The van der Waals surface area contributed by atoms with Gasteiger partial charge in [0, 0.05) is 22.8 Å². The van der Waals surface area contributed by atoms with Gasteiger partial charge < -0.3 is 10.6 Å². The summed E-state index contributed by atoms with van der Waals surface area (Å²) in [5.74, 6) is 0. The predicted octanol–water partition coefficient (Wildman–Crippen LogP) is 5.01. The summed E-state index contributed by atoms with van der Waals surface area (Å²) in [5.41, 5.74) is 2.72. The van der Waals surface area contributed by atoms with Crippen molar-refractivity contribution in [3.63, 3.8) is 0 Å². The number of thiazole rings is 1. The molecular formula is C20H19N3OS. The molecule has 4 nitrogen and oxygen atoms in total. The lowest BCUT2D eigenvalue weighted by Gasteiger charge is -2.43. The van der Waals surface area contributed by atoms with E-state index in [0.29, 0.717) is 0 Å². The van der Waals surface area contributed by atoms with E-state index in [-0.39, 0.29) is 11.6 Å². The Morgan fingerprint density at radius 3 is 2.60 bits per heavy atom. The number of hydrogen-bond acceptors (Lipinski definition) is 3. The van der Waals surface area contributed by atoms with Gasteiger partial charge in [-0.1, -0.05) is 42.5 Å². The van der Waals surface area contributed by atoms with Gasteiger partial charge in [0.1, 0.15) is 5.01 Å². The molecule has 2 N–H and O–H groups in total. The van der Waals surface area contributed by atoms with Gasteiger partial charge in [0.25, 0.3) is 0 Å². The molecule has 126 valence electrons. The van der Waals surface area contributed by atoms with Crippen molar-refractivity contribution in [1.82, 2.24) is 10.3 Å². The van der Waals surface area contributed by atoms with Gasteiger partial charge in [-0.2, -0.15) is 0 Å². The fraction of sp³-hybridized carbons (Fsp3) is 0.200. The highest BCUT2D eigenvalue weighted by atomic mass is 32.1. The van der Waals surface area contributed by atoms with Crippen LogP contribution in [-0.2, 0) is 5.54 Å². The Balaban J connectivity index is 1.48. The van der Waals surface area contributed by atoms with Crippen LogP contribution >= 0.6 is 11.3 Å². The molecule has 0 atom stereocenters. The van der Waals surface area contributed by atoms with Crippen LogP contribution in [0.1, 0.15) is 24.8 Å². The smallest absolute Gasteiger partial charge is 0.319 e. The van der Waals surface area contributed by atoms with Crippen LogP contribution < -0.4 is 10.6 Å². The molecule has 1 aromatic heterocycles. The SMILES string of the molecule is O=C(Nc1cccc(-c2nccs2)c1)NC1(c2ccccc2)CCC1. The number of hydrogen-bond donors (Lipinski definition) is 2. The maximum absolute atomic E-state index is 12.6. The zero-order chi connectivity index (χ0) is 17.1.